The van der Waals surface area contributed by atoms with Gasteiger partial charge >= 0.3 is 5.97 Å². The summed E-state index contributed by atoms with van der Waals surface area (Å²) >= 11 is 0. The molecule has 1 saturated heterocycles. The van der Waals surface area contributed by atoms with Crippen LogP contribution in [0.3, 0.4) is 0 Å². The molecule has 0 radical (unpaired) electrons. The number of ether oxygens (including phenoxy) is 2. The van der Waals surface area contributed by atoms with Crippen molar-refractivity contribution in [3.05, 3.63) is 11.1 Å². The van der Waals surface area contributed by atoms with Crippen LogP contribution >= 0.6 is 0 Å². The zero-order valence-electron chi connectivity index (χ0n) is 21.5. The number of aliphatic hydroxyl groups excluding tert-OH is 1. The maximum atomic E-state index is 13.4. The minimum Gasteiger partial charge on any atom is -0.456 e. The van der Waals surface area contributed by atoms with Crippen molar-refractivity contribution in [1.82, 2.24) is 0 Å². The Kier molecular flexibility index (Phi) is 4.94. The first-order chi connectivity index (χ1) is 16.3. The molecule has 6 aliphatic rings. The molecule has 0 aromatic rings. The van der Waals surface area contributed by atoms with Gasteiger partial charge in [-0.3, -0.25) is 4.79 Å². The molecular formula is C28H40O7. The standard InChI is InChI=1S/C28H40O7/c1-13-10-20(34-24(31)14(13)2)27(5,32)18-7-6-16-21-17(8-9-25(16,18)3)26(4)19(30)11-15(29)12-28(26,33)23-22(21)35-23/h15-18,20-23,29,32-33H,6-12H2,1-5H3/t15-,16-,17-,18-,20+,21-,22-,23-,25-,26-,27+,28-/m0/s1. The van der Waals surface area contributed by atoms with Gasteiger partial charge in [0.1, 0.15) is 29.2 Å². The highest BCUT2D eigenvalue weighted by atomic mass is 16.6. The predicted molar refractivity (Wildman–Crippen MR) is 126 cm³/mol. The third-order valence-corrected chi connectivity index (χ3v) is 11.9. The SMILES string of the molecule is CC1=C(C)C(=O)O[C@@H]([C@](C)(O)[C@H]2CC[C@H]3[C@@H]4[C@@H]5O[C@@H]5[C@@]5(O)C[C@@H](O)CC(=O)[C@]5(C)[C@H]4CC[C@]23C)C1. The van der Waals surface area contributed by atoms with E-state index < -0.39 is 34.9 Å². The minimum absolute atomic E-state index is 0.00152. The smallest absolute Gasteiger partial charge is 0.334 e. The largest absolute Gasteiger partial charge is 0.456 e. The quantitative estimate of drug-likeness (QED) is 0.404. The number of hydrogen-bond acceptors (Lipinski definition) is 7. The Labute approximate surface area is 207 Å². The van der Waals surface area contributed by atoms with Gasteiger partial charge in [0.25, 0.3) is 0 Å². The molecule has 2 heterocycles. The van der Waals surface area contributed by atoms with Gasteiger partial charge in [0.15, 0.2) is 0 Å². The Hall–Kier alpha value is -1.28. The number of Topliss-reactive ketones (excluding diaryl/α,β-unsaturated/α-hetero) is 1. The molecule has 4 saturated carbocycles. The number of cyclic esters (lactones) is 1. The Morgan fingerprint density at radius 1 is 1.06 bits per heavy atom. The maximum absolute atomic E-state index is 13.4. The number of epoxide rings is 1. The lowest BCUT2D eigenvalue weighted by atomic mass is 9.42. The van der Waals surface area contributed by atoms with E-state index in [4.69, 9.17) is 9.47 Å². The van der Waals surface area contributed by atoms with Crippen molar-refractivity contribution in [2.75, 3.05) is 0 Å². The van der Waals surface area contributed by atoms with Crippen LogP contribution in [0.2, 0.25) is 0 Å². The molecule has 35 heavy (non-hydrogen) atoms. The van der Waals surface area contributed by atoms with Crippen LogP contribution in [0, 0.1) is 34.5 Å². The van der Waals surface area contributed by atoms with Gasteiger partial charge in [0, 0.05) is 24.8 Å². The van der Waals surface area contributed by atoms with Crippen molar-refractivity contribution in [3.63, 3.8) is 0 Å². The molecule has 12 atom stereocenters. The summed E-state index contributed by atoms with van der Waals surface area (Å²) in [5.41, 5.74) is -1.97. The highest BCUT2D eigenvalue weighted by Crippen LogP contribution is 2.72. The molecule has 5 fully saturated rings. The molecule has 0 aromatic heterocycles. The molecule has 2 aliphatic heterocycles. The first-order valence-corrected chi connectivity index (χ1v) is 13.5. The predicted octanol–water partition coefficient (Wildman–Crippen LogP) is 2.69. The summed E-state index contributed by atoms with van der Waals surface area (Å²) in [6, 6.07) is 0. The fraction of sp³-hybridized carbons (Fsp3) is 0.857. The molecule has 4 aliphatic carbocycles. The number of esters is 1. The van der Waals surface area contributed by atoms with Crippen LogP contribution in [0.15, 0.2) is 11.1 Å². The average Bonchev–Trinajstić information content (AvgIpc) is 3.49. The molecule has 0 amide bonds. The third-order valence-electron chi connectivity index (χ3n) is 11.9. The van der Waals surface area contributed by atoms with E-state index in [1.165, 1.54) is 0 Å². The van der Waals surface area contributed by atoms with Crippen LogP contribution in [-0.2, 0) is 19.1 Å². The Bertz CT molecular complexity index is 1020. The molecule has 0 unspecified atom stereocenters. The average molecular weight is 489 g/mol. The summed E-state index contributed by atoms with van der Waals surface area (Å²) in [6.07, 6.45) is 2.30. The Morgan fingerprint density at radius 3 is 2.46 bits per heavy atom. The van der Waals surface area contributed by atoms with Crippen LogP contribution in [0.5, 0.6) is 0 Å². The summed E-state index contributed by atoms with van der Waals surface area (Å²) in [5.74, 6) is -0.0278. The van der Waals surface area contributed by atoms with Gasteiger partial charge in [-0.15, -0.1) is 0 Å². The van der Waals surface area contributed by atoms with Gasteiger partial charge in [-0.2, -0.15) is 0 Å². The first-order valence-electron chi connectivity index (χ1n) is 13.5. The van der Waals surface area contributed by atoms with Gasteiger partial charge in [-0.25, -0.2) is 4.79 Å². The van der Waals surface area contributed by atoms with Crippen molar-refractivity contribution >= 4 is 11.8 Å². The number of hydrogen-bond donors (Lipinski definition) is 3. The van der Waals surface area contributed by atoms with E-state index in [1.807, 2.05) is 20.8 Å². The number of fused-ring (bicyclic) bond motifs is 8. The van der Waals surface area contributed by atoms with E-state index in [-0.39, 0.29) is 59.8 Å². The van der Waals surface area contributed by atoms with Gasteiger partial charge in [-0.1, -0.05) is 12.5 Å². The highest BCUT2D eigenvalue weighted by molar-refractivity contribution is 5.89. The molecule has 7 nitrogen and oxygen atoms in total. The third kappa shape index (κ3) is 2.87. The minimum atomic E-state index is -1.32. The van der Waals surface area contributed by atoms with Gasteiger partial charge in [-0.05, 0) is 82.5 Å². The van der Waals surface area contributed by atoms with Crippen molar-refractivity contribution < 1.29 is 34.4 Å². The summed E-state index contributed by atoms with van der Waals surface area (Å²) in [5, 5.41) is 34.0. The monoisotopic (exact) mass is 488 g/mol. The molecule has 6 rings (SSSR count). The van der Waals surface area contributed by atoms with E-state index in [9.17, 15) is 24.9 Å². The molecule has 0 bridgehead atoms. The zero-order valence-corrected chi connectivity index (χ0v) is 21.5. The maximum Gasteiger partial charge on any atom is 0.334 e. The van der Waals surface area contributed by atoms with E-state index in [2.05, 4.69) is 6.92 Å². The molecule has 0 spiro atoms. The van der Waals surface area contributed by atoms with Gasteiger partial charge < -0.3 is 24.8 Å². The molecular weight excluding hydrogens is 448 g/mol. The second-order valence-electron chi connectivity index (χ2n) is 13.3. The lowest BCUT2D eigenvalue weighted by Crippen LogP contribution is -2.70. The number of ketones is 1. The normalized spacial score (nSPS) is 54.7. The number of aliphatic hydroxyl groups is 3. The fourth-order valence-corrected chi connectivity index (χ4v) is 9.75. The van der Waals surface area contributed by atoms with Crippen molar-refractivity contribution in [2.45, 2.75) is 115 Å². The van der Waals surface area contributed by atoms with Gasteiger partial charge in [0.2, 0.25) is 0 Å². The number of carbonyl (C=O) groups is 2. The molecule has 0 aromatic carbocycles. The zero-order chi connectivity index (χ0) is 25.3. The fourth-order valence-electron chi connectivity index (χ4n) is 9.75. The summed E-state index contributed by atoms with van der Waals surface area (Å²) in [4.78, 5) is 25.9. The highest BCUT2D eigenvalue weighted by Gasteiger charge is 2.79. The Balaban J connectivity index is 1.32. The molecule has 194 valence electrons. The van der Waals surface area contributed by atoms with Crippen LogP contribution < -0.4 is 0 Å². The number of carbonyl (C=O) groups excluding carboxylic acids is 2. The van der Waals surface area contributed by atoms with E-state index in [0.29, 0.717) is 12.0 Å². The van der Waals surface area contributed by atoms with E-state index in [0.717, 1.165) is 31.3 Å². The second kappa shape index (κ2) is 7.18. The van der Waals surface area contributed by atoms with E-state index in [1.54, 1.807) is 6.92 Å². The van der Waals surface area contributed by atoms with Crippen LogP contribution in [0.4, 0.5) is 0 Å². The summed E-state index contributed by atoms with van der Waals surface area (Å²) in [7, 11) is 0. The lowest BCUT2D eigenvalue weighted by Gasteiger charge is -2.61. The van der Waals surface area contributed by atoms with Gasteiger partial charge in [0.05, 0.1) is 17.6 Å². The van der Waals surface area contributed by atoms with Crippen LogP contribution in [0.25, 0.3) is 0 Å². The Morgan fingerprint density at radius 2 is 1.77 bits per heavy atom. The van der Waals surface area contributed by atoms with Crippen molar-refractivity contribution in [3.8, 4) is 0 Å². The van der Waals surface area contributed by atoms with Crippen molar-refractivity contribution in [1.29, 1.82) is 0 Å². The number of rotatable bonds is 2. The van der Waals surface area contributed by atoms with Crippen molar-refractivity contribution in [2.24, 2.45) is 34.5 Å². The van der Waals surface area contributed by atoms with Crippen LogP contribution in [-0.4, -0.2) is 62.7 Å². The molecule has 3 N–H and O–H groups in total. The topological polar surface area (TPSA) is 117 Å². The van der Waals surface area contributed by atoms with Crippen LogP contribution in [0.1, 0.15) is 79.6 Å². The molecule has 7 heteroatoms. The lowest BCUT2D eigenvalue weighted by molar-refractivity contribution is -0.211. The first kappa shape index (κ1) is 24.1. The summed E-state index contributed by atoms with van der Waals surface area (Å²) in [6.45, 7) is 9.74. The van der Waals surface area contributed by atoms with E-state index >= 15 is 0 Å². The second-order valence-corrected chi connectivity index (χ2v) is 13.3. The summed E-state index contributed by atoms with van der Waals surface area (Å²) < 4.78 is 11.9.